The van der Waals surface area contributed by atoms with Crippen LogP contribution in [0.25, 0.3) is 0 Å². The number of hydrogen-bond acceptors (Lipinski definition) is 4. The molecule has 1 saturated heterocycles. The number of hydrogen-bond donors (Lipinski definition) is 1. The summed E-state index contributed by atoms with van der Waals surface area (Å²) in [5.74, 6) is 1.59. The second-order valence-electron chi connectivity index (χ2n) is 7.73. The average molecular weight is 415 g/mol. The maximum absolute atomic E-state index is 6.10. The van der Waals surface area contributed by atoms with Crippen molar-refractivity contribution < 1.29 is 9.47 Å². The third-order valence-corrected chi connectivity index (χ3v) is 5.29. The fourth-order valence-electron chi connectivity index (χ4n) is 3.51. The van der Waals surface area contributed by atoms with Crippen molar-refractivity contribution in [2.24, 2.45) is 0 Å². The highest BCUT2D eigenvalue weighted by molar-refractivity contribution is 6.30. The maximum Gasteiger partial charge on any atom is 0.182 e. The van der Waals surface area contributed by atoms with E-state index in [0.717, 1.165) is 48.8 Å². The summed E-state index contributed by atoms with van der Waals surface area (Å²) >= 11 is 6.04. The molecule has 2 aromatic carbocycles. The SMILES string of the molecule is C=C(OCc1ccc(OC(C)C)cc1)N(Cc1ccc(Cl)cc1)C1CCNCC1. The Labute approximate surface area is 179 Å². The van der Waals surface area contributed by atoms with Gasteiger partial charge < -0.3 is 19.7 Å². The van der Waals surface area contributed by atoms with E-state index in [0.29, 0.717) is 18.5 Å². The van der Waals surface area contributed by atoms with Crippen LogP contribution in [0.2, 0.25) is 5.02 Å². The highest BCUT2D eigenvalue weighted by atomic mass is 35.5. The number of piperidine rings is 1. The van der Waals surface area contributed by atoms with Gasteiger partial charge in [0.25, 0.3) is 0 Å². The highest BCUT2D eigenvalue weighted by Crippen LogP contribution is 2.23. The second kappa shape index (κ2) is 10.6. The number of benzene rings is 2. The van der Waals surface area contributed by atoms with E-state index < -0.39 is 0 Å². The summed E-state index contributed by atoms with van der Waals surface area (Å²) in [5.41, 5.74) is 2.30. The van der Waals surface area contributed by atoms with E-state index in [4.69, 9.17) is 21.1 Å². The molecule has 0 aromatic heterocycles. The van der Waals surface area contributed by atoms with E-state index in [-0.39, 0.29) is 6.10 Å². The Morgan fingerprint density at radius 2 is 1.69 bits per heavy atom. The van der Waals surface area contributed by atoms with Gasteiger partial charge in [0.05, 0.1) is 6.10 Å². The Morgan fingerprint density at radius 3 is 2.31 bits per heavy atom. The van der Waals surface area contributed by atoms with E-state index >= 15 is 0 Å². The van der Waals surface area contributed by atoms with Gasteiger partial charge in [0.2, 0.25) is 0 Å². The van der Waals surface area contributed by atoms with Gasteiger partial charge in [-0.3, -0.25) is 0 Å². The zero-order valence-corrected chi connectivity index (χ0v) is 18.1. The summed E-state index contributed by atoms with van der Waals surface area (Å²) in [6.45, 7) is 11.6. The third kappa shape index (κ3) is 6.69. The average Bonchev–Trinajstić information content (AvgIpc) is 2.73. The fourth-order valence-corrected chi connectivity index (χ4v) is 3.64. The summed E-state index contributed by atoms with van der Waals surface area (Å²) in [7, 11) is 0. The molecule has 0 saturated carbocycles. The molecule has 0 aliphatic carbocycles. The molecule has 29 heavy (non-hydrogen) atoms. The first-order valence-corrected chi connectivity index (χ1v) is 10.7. The van der Waals surface area contributed by atoms with E-state index in [9.17, 15) is 0 Å². The first-order valence-electron chi connectivity index (χ1n) is 10.3. The molecule has 0 spiro atoms. The molecule has 156 valence electrons. The van der Waals surface area contributed by atoms with E-state index in [1.165, 1.54) is 5.56 Å². The first-order chi connectivity index (χ1) is 14.0. The lowest BCUT2D eigenvalue weighted by Gasteiger charge is -2.37. The Morgan fingerprint density at radius 1 is 1.07 bits per heavy atom. The number of ether oxygens (including phenoxy) is 2. The van der Waals surface area contributed by atoms with Gasteiger partial charge in [0.1, 0.15) is 12.4 Å². The van der Waals surface area contributed by atoms with Crippen molar-refractivity contribution in [2.75, 3.05) is 13.1 Å². The lowest BCUT2D eigenvalue weighted by atomic mass is 10.0. The van der Waals surface area contributed by atoms with Crippen molar-refractivity contribution in [1.29, 1.82) is 0 Å². The summed E-state index contributed by atoms with van der Waals surface area (Å²) in [5, 5.41) is 4.18. The Kier molecular flexibility index (Phi) is 7.84. The number of halogens is 1. The lowest BCUT2D eigenvalue weighted by molar-refractivity contribution is 0.0618. The van der Waals surface area contributed by atoms with Gasteiger partial charge in [0, 0.05) is 17.6 Å². The molecule has 1 N–H and O–H groups in total. The minimum absolute atomic E-state index is 0.170. The quantitative estimate of drug-likeness (QED) is 0.559. The molecule has 0 amide bonds. The Balaban J connectivity index is 1.63. The number of nitrogens with one attached hydrogen (secondary N) is 1. The van der Waals surface area contributed by atoms with Crippen molar-refractivity contribution in [3.63, 3.8) is 0 Å². The van der Waals surface area contributed by atoms with Crippen LogP contribution in [0.1, 0.15) is 37.8 Å². The maximum atomic E-state index is 6.10. The molecule has 4 nitrogen and oxygen atoms in total. The molecule has 0 atom stereocenters. The predicted octanol–water partition coefficient (Wildman–Crippen LogP) is 5.37. The predicted molar refractivity (Wildman–Crippen MR) is 119 cm³/mol. The normalized spacial score (nSPS) is 14.6. The van der Waals surface area contributed by atoms with Gasteiger partial charge >= 0.3 is 0 Å². The molecular weight excluding hydrogens is 384 g/mol. The molecule has 1 aliphatic heterocycles. The summed E-state index contributed by atoms with van der Waals surface area (Å²) in [6, 6.07) is 16.5. The third-order valence-electron chi connectivity index (χ3n) is 5.04. The minimum Gasteiger partial charge on any atom is -0.491 e. The Hall–Kier alpha value is -2.17. The molecule has 1 fully saturated rings. The van der Waals surface area contributed by atoms with Crippen molar-refractivity contribution in [2.45, 2.75) is 52.0 Å². The van der Waals surface area contributed by atoms with Gasteiger partial charge in [-0.05, 0) is 81.7 Å². The molecule has 0 bridgehead atoms. The molecule has 1 heterocycles. The zero-order valence-electron chi connectivity index (χ0n) is 17.4. The van der Waals surface area contributed by atoms with Gasteiger partial charge in [0.15, 0.2) is 5.88 Å². The molecule has 1 aliphatic rings. The Bertz CT molecular complexity index is 768. The number of rotatable bonds is 9. The van der Waals surface area contributed by atoms with E-state index in [1.807, 2.05) is 50.2 Å². The van der Waals surface area contributed by atoms with Gasteiger partial charge in [-0.1, -0.05) is 35.9 Å². The standard InChI is InChI=1S/C24H31ClN2O2/c1-18(2)29-24-10-6-21(7-11-24)17-28-19(3)27(23-12-14-26-15-13-23)16-20-4-8-22(25)9-5-20/h4-11,18,23,26H,3,12-17H2,1-2H3. The van der Waals surface area contributed by atoms with Crippen LogP contribution in [0.3, 0.4) is 0 Å². The number of nitrogens with zero attached hydrogens (tertiary/aromatic N) is 1. The van der Waals surface area contributed by atoms with Crippen molar-refractivity contribution in [3.05, 3.63) is 77.1 Å². The van der Waals surface area contributed by atoms with E-state index in [2.05, 4.69) is 28.9 Å². The fraction of sp³-hybridized carbons (Fsp3) is 0.417. The lowest BCUT2D eigenvalue weighted by Crippen LogP contribution is -2.42. The molecule has 3 rings (SSSR count). The molecule has 5 heteroatoms. The zero-order chi connectivity index (χ0) is 20.6. The summed E-state index contributed by atoms with van der Waals surface area (Å²) in [4.78, 5) is 2.29. The summed E-state index contributed by atoms with van der Waals surface area (Å²) in [6.07, 6.45) is 2.33. The van der Waals surface area contributed by atoms with Crippen LogP contribution in [0.4, 0.5) is 0 Å². The van der Waals surface area contributed by atoms with Crippen molar-refractivity contribution in [1.82, 2.24) is 10.2 Å². The minimum atomic E-state index is 0.170. The first kappa shape index (κ1) is 21.5. The topological polar surface area (TPSA) is 33.7 Å². The van der Waals surface area contributed by atoms with Gasteiger partial charge in [-0.25, -0.2) is 0 Å². The molecular formula is C24H31ClN2O2. The second-order valence-corrected chi connectivity index (χ2v) is 8.16. The largest absolute Gasteiger partial charge is 0.491 e. The van der Waals surface area contributed by atoms with Gasteiger partial charge in [-0.15, -0.1) is 0 Å². The van der Waals surface area contributed by atoms with Crippen LogP contribution in [0.15, 0.2) is 61.0 Å². The molecule has 0 unspecified atom stereocenters. The van der Waals surface area contributed by atoms with Gasteiger partial charge in [-0.2, -0.15) is 0 Å². The van der Waals surface area contributed by atoms with Crippen molar-refractivity contribution in [3.8, 4) is 5.75 Å². The van der Waals surface area contributed by atoms with Crippen LogP contribution in [-0.4, -0.2) is 30.1 Å². The highest BCUT2D eigenvalue weighted by Gasteiger charge is 2.23. The van der Waals surface area contributed by atoms with Crippen LogP contribution >= 0.6 is 11.6 Å². The van der Waals surface area contributed by atoms with Crippen LogP contribution in [0, 0.1) is 0 Å². The molecule has 2 aromatic rings. The smallest absolute Gasteiger partial charge is 0.182 e. The monoisotopic (exact) mass is 414 g/mol. The van der Waals surface area contributed by atoms with Crippen molar-refractivity contribution >= 4 is 11.6 Å². The van der Waals surface area contributed by atoms with Crippen LogP contribution < -0.4 is 10.1 Å². The summed E-state index contributed by atoms with van der Waals surface area (Å²) < 4.78 is 11.8. The van der Waals surface area contributed by atoms with Crippen LogP contribution in [0.5, 0.6) is 5.75 Å². The van der Waals surface area contributed by atoms with E-state index in [1.54, 1.807) is 0 Å². The van der Waals surface area contributed by atoms with Crippen LogP contribution in [-0.2, 0) is 17.9 Å². The molecule has 0 radical (unpaired) electrons.